The molecule has 0 spiro atoms. The van der Waals surface area contributed by atoms with E-state index < -0.39 is 0 Å². The van der Waals surface area contributed by atoms with Crippen molar-refractivity contribution in [1.82, 2.24) is 19.9 Å². The van der Waals surface area contributed by atoms with Crippen LogP contribution >= 0.6 is 0 Å². The Morgan fingerprint density at radius 1 is 1.00 bits per heavy atom. The molecule has 0 amide bonds. The number of fused-ring (bicyclic) bond motifs is 1. The SMILES string of the molecule is O[C@H]1CCC[C@@H](c2nccnc2Oc2ccc(Cc3nc4ccccc4[nH]3)cc2)C1. The monoisotopic (exact) mass is 400 g/mol. The third-order valence-electron chi connectivity index (χ3n) is 5.67. The van der Waals surface area contributed by atoms with Crippen LogP contribution in [0, 0.1) is 0 Å². The van der Waals surface area contributed by atoms with Crippen molar-refractivity contribution in [2.45, 2.75) is 44.1 Å². The fraction of sp³-hybridized carbons (Fsp3) is 0.292. The molecular formula is C24H24N4O2. The third-order valence-corrected chi connectivity index (χ3v) is 5.67. The lowest BCUT2D eigenvalue weighted by Gasteiger charge is -2.26. The van der Waals surface area contributed by atoms with Crippen LogP contribution in [0.3, 0.4) is 0 Å². The van der Waals surface area contributed by atoms with Crippen LogP contribution in [-0.2, 0) is 6.42 Å². The molecule has 5 rings (SSSR count). The average molecular weight is 400 g/mol. The van der Waals surface area contributed by atoms with E-state index in [1.54, 1.807) is 12.4 Å². The number of H-pyrrole nitrogens is 1. The molecule has 0 saturated heterocycles. The molecule has 6 nitrogen and oxygen atoms in total. The lowest BCUT2D eigenvalue weighted by atomic mass is 9.85. The van der Waals surface area contributed by atoms with E-state index in [2.05, 4.69) is 19.9 Å². The largest absolute Gasteiger partial charge is 0.437 e. The van der Waals surface area contributed by atoms with Gasteiger partial charge in [-0.05, 0) is 49.1 Å². The Balaban J connectivity index is 1.30. The first-order chi connectivity index (χ1) is 14.7. The molecule has 0 radical (unpaired) electrons. The number of para-hydroxylation sites is 2. The molecule has 1 aliphatic rings. The van der Waals surface area contributed by atoms with Gasteiger partial charge in [0.1, 0.15) is 17.3 Å². The fourth-order valence-electron chi connectivity index (χ4n) is 4.18. The van der Waals surface area contributed by atoms with Crippen LogP contribution in [0.1, 0.15) is 48.7 Å². The Morgan fingerprint density at radius 3 is 2.67 bits per heavy atom. The van der Waals surface area contributed by atoms with Crippen LogP contribution in [-0.4, -0.2) is 31.1 Å². The van der Waals surface area contributed by atoms with Crippen LogP contribution in [0.25, 0.3) is 11.0 Å². The number of hydrogen-bond acceptors (Lipinski definition) is 5. The summed E-state index contributed by atoms with van der Waals surface area (Å²) in [6.07, 6.45) is 7.38. The van der Waals surface area contributed by atoms with Gasteiger partial charge in [-0.25, -0.2) is 9.97 Å². The summed E-state index contributed by atoms with van der Waals surface area (Å²) in [7, 11) is 0. The van der Waals surface area contributed by atoms with Gasteiger partial charge in [-0.1, -0.05) is 30.7 Å². The molecule has 1 saturated carbocycles. The molecule has 2 atom stereocenters. The topological polar surface area (TPSA) is 83.9 Å². The van der Waals surface area contributed by atoms with Gasteiger partial charge in [0.25, 0.3) is 0 Å². The molecule has 2 heterocycles. The smallest absolute Gasteiger partial charge is 0.241 e. The second-order valence-corrected chi connectivity index (χ2v) is 7.89. The van der Waals surface area contributed by atoms with Crippen LogP contribution in [0.5, 0.6) is 11.6 Å². The fourth-order valence-corrected chi connectivity index (χ4v) is 4.18. The maximum Gasteiger partial charge on any atom is 0.241 e. The minimum atomic E-state index is -0.267. The maximum atomic E-state index is 10.0. The molecule has 1 fully saturated rings. The first-order valence-corrected chi connectivity index (χ1v) is 10.4. The molecule has 1 aliphatic carbocycles. The number of ether oxygens (including phenoxy) is 1. The van der Waals surface area contributed by atoms with Gasteiger partial charge in [0.2, 0.25) is 5.88 Å². The van der Waals surface area contributed by atoms with E-state index in [0.717, 1.165) is 59.5 Å². The summed E-state index contributed by atoms with van der Waals surface area (Å²) in [5, 5.41) is 10.0. The Bertz CT molecular complexity index is 1110. The quantitative estimate of drug-likeness (QED) is 0.505. The molecule has 0 aliphatic heterocycles. The van der Waals surface area contributed by atoms with Gasteiger partial charge in [0.05, 0.1) is 17.1 Å². The van der Waals surface area contributed by atoms with Crippen molar-refractivity contribution in [2.24, 2.45) is 0 Å². The molecule has 4 aromatic rings. The van der Waals surface area contributed by atoms with Crippen molar-refractivity contribution in [3.63, 3.8) is 0 Å². The first-order valence-electron chi connectivity index (χ1n) is 10.4. The van der Waals surface area contributed by atoms with Crippen molar-refractivity contribution < 1.29 is 9.84 Å². The van der Waals surface area contributed by atoms with Crippen molar-refractivity contribution in [3.05, 3.63) is 78.0 Å². The van der Waals surface area contributed by atoms with Crippen molar-refractivity contribution in [2.75, 3.05) is 0 Å². The highest BCUT2D eigenvalue weighted by atomic mass is 16.5. The lowest BCUT2D eigenvalue weighted by molar-refractivity contribution is 0.118. The minimum absolute atomic E-state index is 0.185. The predicted molar refractivity (Wildman–Crippen MR) is 115 cm³/mol. The number of nitrogens with zero attached hydrogens (tertiary/aromatic N) is 3. The van der Waals surface area contributed by atoms with E-state index in [4.69, 9.17) is 4.74 Å². The molecule has 6 heteroatoms. The van der Waals surface area contributed by atoms with Crippen molar-refractivity contribution in [1.29, 1.82) is 0 Å². The second-order valence-electron chi connectivity index (χ2n) is 7.89. The molecule has 152 valence electrons. The predicted octanol–water partition coefficient (Wildman–Crippen LogP) is 4.75. The summed E-state index contributed by atoms with van der Waals surface area (Å²) in [5.74, 6) is 2.38. The van der Waals surface area contributed by atoms with Crippen LogP contribution in [0.15, 0.2) is 60.9 Å². The molecule has 2 N–H and O–H groups in total. The highest BCUT2D eigenvalue weighted by molar-refractivity contribution is 5.74. The number of hydrogen-bond donors (Lipinski definition) is 2. The Kier molecular flexibility index (Phi) is 5.15. The summed E-state index contributed by atoms with van der Waals surface area (Å²) >= 11 is 0. The number of aromatic nitrogens is 4. The molecule has 0 unspecified atom stereocenters. The number of rotatable bonds is 5. The number of aromatic amines is 1. The molecule has 2 aromatic heterocycles. The van der Waals surface area contributed by atoms with E-state index in [0.29, 0.717) is 12.3 Å². The highest BCUT2D eigenvalue weighted by Gasteiger charge is 2.26. The van der Waals surface area contributed by atoms with E-state index >= 15 is 0 Å². The van der Waals surface area contributed by atoms with E-state index in [-0.39, 0.29) is 12.0 Å². The summed E-state index contributed by atoms with van der Waals surface area (Å²) < 4.78 is 6.07. The van der Waals surface area contributed by atoms with E-state index in [1.165, 1.54) is 0 Å². The first kappa shape index (κ1) is 18.8. The van der Waals surface area contributed by atoms with Gasteiger partial charge in [-0.2, -0.15) is 0 Å². The van der Waals surface area contributed by atoms with E-state index in [9.17, 15) is 5.11 Å². The van der Waals surface area contributed by atoms with Crippen molar-refractivity contribution in [3.8, 4) is 11.6 Å². The standard InChI is InChI=1S/C24H24N4O2/c29-18-5-3-4-17(15-18)23-24(26-13-12-25-23)30-19-10-8-16(9-11-19)14-22-27-20-6-1-2-7-21(20)28-22/h1-2,6-13,17-18,29H,3-5,14-15H2,(H,27,28)/t17-,18+/m1/s1. The summed E-state index contributed by atoms with van der Waals surface area (Å²) in [4.78, 5) is 16.9. The van der Waals surface area contributed by atoms with Crippen LogP contribution in [0.4, 0.5) is 0 Å². The molecule has 30 heavy (non-hydrogen) atoms. The lowest BCUT2D eigenvalue weighted by Crippen LogP contribution is -2.19. The van der Waals surface area contributed by atoms with E-state index in [1.807, 2.05) is 48.5 Å². The van der Waals surface area contributed by atoms with Gasteiger partial charge in [0, 0.05) is 24.7 Å². The van der Waals surface area contributed by atoms with Crippen LogP contribution < -0.4 is 4.74 Å². The number of benzene rings is 2. The number of imidazole rings is 1. The maximum absolute atomic E-state index is 10.0. The minimum Gasteiger partial charge on any atom is -0.437 e. The molecular weight excluding hydrogens is 376 g/mol. The number of aliphatic hydroxyl groups excluding tert-OH is 1. The zero-order chi connectivity index (χ0) is 20.3. The average Bonchev–Trinajstić information content (AvgIpc) is 3.18. The second kappa shape index (κ2) is 8.24. The zero-order valence-corrected chi connectivity index (χ0v) is 16.7. The number of nitrogens with one attached hydrogen (secondary N) is 1. The van der Waals surface area contributed by atoms with Gasteiger partial charge in [0.15, 0.2) is 0 Å². The Morgan fingerprint density at radius 2 is 1.83 bits per heavy atom. The van der Waals surface area contributed by atoms with Gasteiger partial charge in [-0.3, -0.25) is 4.98 Å². The summed E-state index contributed by atoms with van der Waals surface area (Å²) in [5.41, 5.74) is 4.02. The van der Waals surface area contributed by atoms with Gasteiger partial charge < -0.3 is 14.8 Å². The zero-order valence-electron chi connectivity index (χ0n) is 16.7. The Labute approximate surface area is 175 Å². The number of aliphatic hydroxyl groups is 1. The summed E-state index contributed by atoms with van der Waals surface area (Å²) in [6, 6.07) is 16.0. The Hall–Kier alpha value is -3.25. The molecule has 0 bridgehead atoms. The third kappa shape index (κ3) is 4.04. The highest BCUT2D eigenvalue weighted by Crippen LogP contribution is 2.36. The van der Waals surface area contributed by atoms with Crippen LogP contribution in [0.2, 0.25) is 0 Å². The summed E-state index contributed by atoms with van der Waals surface area (Å²) in [6.45, 7) is 0. The van der Waals surface area contributed by atoms with Crippen molar-refractivity contribution >= 4 is 11.0 Å². The normalized spacial score (nSPS) is 19.1. The molecule has 2 aromatic carbocycles. The van der Waals surface area contributed by atoms with Gasteiger partial charge in [-0.15, -0.1) is 0 Å². The van der Waals surface area contributed by atoms with Gasteiger partial charge >= 0.3 is 0 Å².